The molecule has 140 valence electrons. The van der Waals surface area contributed by atoms with E-state index in [9.17, 15) is 9.59 Å². The number of morpholine rings is 1. The zero-order valence-electron chi connectivity index (χ0n) is 15.1. The van der Waals surface area contributed by atoms with Gasteiger partial charge in [-0.05, 0) is 22.3 Å². The molecule has 0 bridgehead atoms. The quantitative estimate of drug-likeness (QED) is 0.781. The van der Waals surface area contributed by atoms with Crippen LogP contribution in [0.3, 0.4) is 0 Å². The Hall–Kier alpha value is -2.86. The average molecular weight is 367 g/mol. The van der Waals surface area contributed by atoms with Crippen LogP contribution in [-0.4, -0.2) is 56.5 Å². The van der Waals surface area contributed by atoms with Crippen molar-refractivity contribution >= 4 is 12.1 Å². The molecule has 2 aliphatic rings. The molecular formula is C21H21NO5. The topological polar surface area (TPSA) is 65.1 Å². The van der Waals surface area contributed by atoms with E-state index in [1.807, 2.05) is 24.3 Å². The Balaban J connectivity index is 1.46. The number of hydrogen-bond donors (Lipinski definition) is 0. The molecule has 1 aliphatic carbocycles. The molecule has 27 heavy (non-hydrogen) atoms. The molecule has 0 saturated carbocycles. The normalized spacial score (nSPS) is 18.6. The lowest BCUT2D eigenvalue weighted by atomic mass is 9.98. The molecule has 2 aromatic carbocycles. The highest BCUT2D eigenvalue weighted by Crippen LogP contribution is 2.44. The molecule has 0 spiro atoms. The number of ether oxygens (including phenoxy) is 3. The van der Waals surface area contributed by atoms with Gasteiger partial charge in [-0.25, -0.2) is 9.59 Å². The van der Waals surface area contributed by atoms with Gasteiger partial charge in [-0.1, -0.05) is 48.5 Å². The van der Waals surface area contributed by atoms with Crippen LogP contribution in [0.25, 0.3) is 11.1 Å². The molecule has 0 radical (unpaired) electrons. The number of carbonyl (C=O) groups is 2. The van der Waals surface area contributed by atoms with E-state index in [1.54, 1.807) is 0 Å². The Labute approximate surface area is 157 Å². The molecule has 1 fully saturated rings. The van der Waals surface area contributed by atoms with Crippen molar-refractivity contribution in [2.24, 2.45) is 0 Å². The van der Waals surface area contributed by atoms with Gasteiger partial charge in [0.25, 0.3) is 0 Å². The van der Waals surface area contributed by atoms with Gasteiger partial charge in [-0.2, -0.15) is 0 Å². The fraction of sp³-hybridized carbons (Fsp3) is 0.333. The Kier molecular flexibility index (Phi) is 4.81. The van der Waals surface area contributed by atoms with Gasteiger partial charge in [0, 0.05) is 12.5 Å². The van der Waals surface area contributed by atoms with E-state index in [2.05, 4.69) is 24.3 Å². The first-order chi connectivity index (χ1) is 13.2. The van der Waals surface area contributed by atoms with Crippen molar-refractivity contribution in [3.05, 3.63) is 59.7 Å². The van der Waals surface area contributed by atoms with Gasteiger partial charge in [0.1, 0.15) is 6.61 Å². The lowest BCUT2D eigenvalue weighted by Gasteiger charge is -2.31. The van der Waals surface area contributed by atoms with Crippen LogP contribution in [0, 0.1) is 0 Å². The maximum atomic E-state index is 12.5. The van der Waals surface area contributed by atoms with Gasteiger partial charge in [-0.15, -0.1) is 0 Å². The largest absolute Gasteiger partial charge is 0.467 e. The zero-order chi connectivity index (χ0) is 18.8. The summed E-state index contributed by atoms with van der Waals surface area (Å²) in [5.41, 5.74) is 4.71. The summed E-state index contributed by atoms with van der Waals surface area (Å²) in [4.78, 5) is 25.7. The van der Waals surface area contributed by atoms with E-state index in [1.165, 1.54) is 34.3 Å². The SMILES string of the molecule is COC(=O)C1CN(C(=O)OCC2c3ccccc3-c3ccccc32)CCO1. The summed E-state index contributed by atoms with van der Waals surface area (Å²) in [6.45, 7) is 1.07. The van der Waals surface area contributed by atoms with Gasteiger partial charge in [0.2, 0.25) is 0 Å². The molecule has 4 rings (SSSR count). The van der Waals surface area contributed by atoms with E-state index in [0.717, 1.165) is 0 Å². The van der Waals surface area contributed by atoms with E-state index in [0.29, 0.717) is 6.54 Å². The fourth-order valence-electron chi connectivity index (χ4n) is 3.77. The molecular weight excluding hydrogens is 346 g/mol. The van der Waals surface area contributed by atoms with Gasteiger partial charge in [0.05, 0.1) is 20.3 Å². The predicted molar refractivity (Wildman–Crippen MR) is 98.4 cm³/mol. The van der Waals surface area contributed by atoms with Crippen molar-refractivity contribution in [1.82, 2.24) is 4.90 Å². The number of rotatable bonds is 3. The Bertz CT molecular complexity index is 820. The van der Waals surface area contributed by atoms with Crippen LogP contribution in [0.15, 0.2) is 48.5 Å². The second-order valence-electron chi connectivity index (χ2n) is 6.63. The molecule has 2 aromatic rings. The highest BCUT2D eigenvalue weighted by Gasteiger charge is 2.33. The summed E-state index contributed by atoms with van der Waals surface area (Å²) in [7, 11) is 1.30. The number of nitrogens with zero attached hydrogens (tertiary/aromatic N) is 1. The summed E-state index contributed by atoms with van der Waals surface area (Å²) < 4.78 is 15.7. The number of benzene rings is 2. The molecule has 1 saturated heterocycles. The highest BCUT2D eigenvalue weighted by molar-refractivity contribution is 5.79. The minimum absolute atomic E-state index is 0.0128. The first-order valence-electron chi connectivity index (χ1n) is 8.98. The van der Waals surface area contributed by atoms with Crippen molar-refractivity contribution in [1.29, 1.82) is 0 Å². The van der Waals surface area contributed by atoms with Crippen LogP contribution < -0.4 is 0 Å². The van der Waals surface area contributed by atoms with Crippen LogP contribution in [0.1, 0.15) is 17.0 Å². The maximum absolute atomic E-state index is 12.5. The van der Waals surface area contributed by atoms with E-state index >= 15 is 0 Å². The van der Waals surface area contributed by atoms with Crippen LogP contribution >= 0.6 is 0 Å². The van der Waals surface area contributed by atoms with Crippen LogP contribution in [0.5, 0.6) is 0 Å². The van der Waals surface area contributed by atoms with E-state index < -0.39 is 18.2 Å². The predicted octanol–water partition coefficient (Wildman–Crippen LogP) is 2.81. The number of fused-ring (bicyclic) bond motifs is 3. The average Bonchev–Trinajstić information content (AvgIpc) is 3.05. The monoisotopic (exact) mass is 367 g/mol. The molecule has 0 N–H and O–H groups in total. The van der Waals surface area contributed by atoms with Crippen LogP contribution in [0.2, 0.25) is 0 Å². The summed E-state index contributed by atoms with van der Waals surface area (Å²) in [5.74, 6) is -0.468. The number of hydrogen-bond acceptors (Lipinski definition) is 5. The third-order valence-corrected chi connectivity index (χ3v) is 5.12. The molecule has 1 aliphatic heterocycles. The van der Waals surface area contributed by atoms with E-state index in [4.69, 9.17) is 14.2 Å². The van der Waals surface area contributed by atoms with Crippen molar-refractivity contribution in [3.8, 4) is 11.1 Å². The van der Waals surface area contributed by atoms with Crippen LogP contribution in [0.4, 0.5) is 4.79 Å². The van der Waals surface area contributed by atoms with Gasteiger partial charge in [-0.3, -0.25) is 0 Å². The first-order valence-corrected chi connectivity index (χ1v) is 8.98. The number of carbonyl (C=O) groups excluding carboxylic acids is 2. The highest BCUT2D eigenvalue weighted by atomic mass is 16.6. The van der Waals surface area contributed by atoms with E-state index in [-0.39, 0.29) is 25.7 Å². The number of amides is 1. The zero-order valence-corrected chi connectivity index (χ0v) is 15.1. The smallest absolute Gasteiger partial charge is 0.409 e. The third-order valence-electron chi connectivity index (χ3n) is 5.12. The Morgan fingerprint density at radius 3 is 2.33 bits per heavy atom. The van der Waals surface area contributed by atoms with Crippen molar-refractivity contribution in [3.63, 3.8) is 0 Å². The molecule has 1 heterocycles. The molecule has 1 amide bonds. The van der Waals surface area contributed by atoms with Gasteiger partial charge in [0.15, 0.2) is 6.10 Å². The van der Waals surface area contributed by atoms with Crippen LogP contribution in [-0.2, 0) is 19.0 Å². The van der Waals surface area contributed by atoms with Gasteiger partial charge < -0.3 is 19.1 Å². The Morgan fingerprint density at radius 2 is 1.70 bits per heavy atom. The summed E-state index contributed by atoms with van der Waals surface area (Å²) >= 11 is 0. The second kappa shape index (κ2) is 7.40. The maximum Gasteiger partial charge on any atom is 0.409 e. The minimum atomic E-state index is -0.760. The van der Waals surface area contributed by atoms with Crippen molar-refractivity contribution in [2.45, 2.75) is 12.0 Å². The molecule has 0 aromatic heterocycles. The lowest BCUT2D eigenvalue weighted by molar-refractivity contribution is -0.158. The summed E-state index contributed by atoms with van der Waals surface area (Å²) in [6.07, 6.45) is -1.20. The van der Waals surface area contributed by atoms with Crippen molar-refractivity contribution < 1.29 is 23.8 Å². The fourth-order valence-corrected chi connectivity index (χ4v) is 3.77. The Morgan fingerprint density at radius 1 is 1.07 bits per heavy atom. The summed E-state index contributed by atoms with van der Waals surface area (Å²) in [5, 5.41) is 0. The number of methoxy groups -OCH3 is 1. The standard InChI is InChI=1S/C21H21NO5/c1-25-20(23)19-12-22(10-11-26-19)21(24)27-13-18-16-8-4-2-6-14(16)15-7-3-5-9-17(15)18/h2-9,18-19H,10-13H2,1H3. The number of esters is 1. The molecule has 1 unspecified atom stereocenters. The summed E-state index contributed by atoms with van der Waals surface area (Å²) in [6, 6.07) is 16.4. The molecule has 6 nitrogen and oxygen atoms in total. The minimum Gasteiger partial charge on any atom is -0.467 e. The van der Waals surface area contributed by atoms with Crippen molar-refractivity contribution in [2.75, 3.05) is 33.4 Å². The molecule has 1 atom stereocenters. The third kappa shape index (κ3) is 3.28. The first kappa shape index (κ1) is 17.5. The second-order valence-corrected chi connectivity index (χ2v) is 6.63. The van der Waals surface area contributed by atoms with Gasteiger partial charge >= 0.3 is 12.1 Å². The lowest BCUT2D eigenvalue weighted by Crippen LogP contribution is -2.49. The molecule has 6 heteroatoms.